The Kier molecular flexibility index (Phi) is 4.54. The van der Waals surface area contributed by atoms with E-state index in [1.54, 1.807) is 0 Å². The van der Waals surface area contributed by atoms with Crippen molar-refractivity contribution in [1.29, 1.82) is 5.26 Å². The molecule has 0 aliphatic carbocycles. The molecule has 0 saturated carbocycles. The molecular weight excluding hydrogens is 251 g/mol. The first kappa shape index (κ1) is 13.8. The number of esters is 1. The monoisotopic (exact) mass is 259 g/mol. The van der Waals surface area contributed by atoms with E-state index >= 15 is 0 Å². The van der Waals surface area contributed by atoms with E-state index in [9.17, 15) is 18.0 Å². The summed E-state index contributed by atoms with van der Waals surface area (Å²) in [5.74, 6) is -2.66. The van der Waals surface area contributed by atoms with Crippen molar-refractivity contribution in [2.24, 2.45) is 0 Å². The molecule has 1 aromatic carbocycles. The topological polar surface area (TPSA) is 59.3 Å². The number of rotatable bonds is 4. The first-order valence-electron chi connectivity index (χ1n) is 4.85. The Labute approximate surface area is 101 Å². The number of nitriles is 1. The molecule has 0 atom stereocenters. The van der Waals surface area contributed by atoms with Crippen LogP contribution in [-0.4, -0.2) is 19.2 Å². The van der Waals surface area contributed by atoms with E-state index in [2.05, 4.69) is 9.47 Å². The highest BCUT2D eigenvalue weighted by Gasteiger charge is 2.21. The van der Waals surface area contributed by atoms with Gasteiger partial charge in [0.25, 0.3) is 0 Å². The summed E-state index contributed by atoms with van der Waals surface area (Å²) in [6, 6.07) is 2.85. The van der Waals surface area contributed by atoms with Crippen LogP contribution >= 0.6 is 0 Å². The number of halogens is 3. The second-order valence-electron chi connectivity index (χ2n) is 3.04. The molecule has 0 N–H and O–H groups in total. The van der Waals surface area contributed by atoms with Crippen LogP contribution in [0.3, 0.4) is 0 Å². The zero-order valence-corrected chi connectivity index (χ0v) is 9.25. The van der Waals surface area contributed by atoms with Crippen LogP contribution in [0.1, 0.15) is 22.8 Å². The van der Waals surface area contributed by atoms with Gasteiger partial charge in [-0.15, -0.1) is 0 Å². The van der Waals surface area contributed by atoms with Gasteiger partial charge in [0.15, 0.2) is 0 Å². The Morgan fingerprint density at radius 3 is 2.67 bits per heavy atom. The quantitative estimate of drug-likeness (QED) is 0.779. The number of carbonyl (C=O) groups is 1. The average Bonchev–Trinajstić information content (AvgIpc) is 2.27. The van der Waals surface area contributed by atoms with Gasteiger partial charge < -0.3 is 9.47 Å². The molecule has 0 aliphatic heterocycles. The minimum Gasteiger partial charge on any atom is -0.462 e. The summed E-state index contributed by atoms with van der Waals surface area (Å²) in [6.45, 7) is -1.71. The SMILES string of the molecule is CCOC(=O)c1cc(F)cc(OC(F)F)c1C#N. The molecule has 0 amide bonds. The fourth-order valence-corrected chi connectivity index (χ4v) is 1.26. The van der Waals surface area contributed by atoms with E-state index in [0.717, 1.165) is 6.07 Å². The van der Waals surface area contributed by atoms with Gasteiger partial charge in [-0.25, -0.2) is 9.18 Å². The van der Waals surface area contributed by atoms with Gasteiger partial charge in [-0.3, -0.25) is 0 Å². The lowest BCUT2D eigenvalue weighted by Gasteiger charge is -2.10. The molecule has 7 heteroatoms. The molecule has 1 aromatic rings. The van der Waals surface area contributed by atoms with Gasteiger partial charge in [0.1, 0.15) is 23.2 Å². The predicted molar refractivity (Wildman–Crippen MR) is 53.7 cm³/mol. The second kappa shape index (κ2) is 5.91. The summed E-state index contributed by atoms with van der Waals surface area (Å²) >= 11 is 0. The Bertz CT molecular complexity index is 497. The zero-order chi connectivity index (χ0) is 13.7. The molecule has 1 rings (SSSR count). The third-order valence-electron chi connectivity index (χ3n) is 1.89. The van der Waals surface area contributed by atoms with E-state index in [1.165, 1.54) is 13.0 Å². The largest absolute Gasteiger partial charge is 0.462 e. The van der Waals surface area contributed by atoms with Crippen LogP contribution in [0.5, 0.6) is 5.75 Å². The summed E-state index contributed by atoms with van der Waals surface area (Å²) in [7, 11) is 0. The molecular formula is C11H8F3NO3. The Morgan fingerprint density at radius 1 is 1.50 bits per heavy atom. The first-order chi connectivity index (χ1) is 8.49. The van der Waals surface area contributed by atoms with Crippen molar-refractivity contribution in [3.63, 3.8) is 0 Å². The molecule has 0 spiro atoms. The zero-order valence-electron chi connectivity index (χ0n) is 9.25. The van der Waals surface area contributed by atoms with Gasteiger partial charge in [-0.05, 0) is 13.0 Å². The van der Waals surface area contributed by atoms with Gasteiger partial charge in [-0.1, -0.05) is 0 Å². The van der Waals surface area contributed by atoms with Crippen LogP contribution < -0.4 is 4.74 Å². The predicted octanol–water partition coefficient (Wildman–Crippen LogP) is 2.48. The van der Waals surface area contributed by atoms with Crippen molar-refractivity contribution in [3.05, 3.63) is 29.1 Å². The third kappa shape index (κ3) is 3.13. The standard InChI is InChI=1S/C11H8F3NO3/c1-2-17-10(16)7-3-6(12)4-9(8(7)5-15)18-11(13)14/h3-4,11H,2H2,1H3. The number of ether oxygens (including phenoxy) is 2. The van der Waals surface area contributed by atoms with Crippen molar-refractivity contribution in [2.75, 3.05) is 6.61 Å². The average molecular weight is 259 g/mol. The summed E-state index contributed by atoms with van der Waals surface area (Å²) in [4.78, 5) is 11.4. The van der Waals surface area contributed by atoms with Crippen LogP contribution in [0.4, 0.5) is 13.2 Å². The van der Waals surface area contributed by atoms with Crippen molar-refractivity contribution >= 4 is 5.97 Å². The molecule has 18 heavy (non-hydrogen) atoms. The number of alkyl halides is 2. The van der Waals surface area contributed by atoms with Crippen molar-refractivity contribution in [1.82, 2.24) is 0 Å². The molecule has 0 heterocycles. The molecule has 0 aliphatic rings. The normalized spacial score (nSPS) is 10.0. The highest BCUT2D eigenvalue weighted by atomic mass is 19.3. The van der Waals surface area contributed by atoms with Gasteiger partial charge in [0, 0.05) is 6.07 Å². The van der Waals surface area contributed by atoms with Crippen molar-refractivity contribution < 1.29 is 27.4 Å². The Morgan fingerprint density at radius 2 is 2.17 bits per heavy atom. The summed E-state index contributed by atoms with van der Waals surface area (Å²) in [5.41, 5.74) is -0.940. The number of benzene rings is 1. The lowest BCUT2D eigenvalue weighted by molar-refractivity contribution is -0.0502. The van der Waals surface area contributed by atoms with Crippen molar-refractivity contribution in [2.45, 2.75) is 13.5 Å². The van der Waals surface area contributed by atoms with Crippen LogP contribution in [0.25, 0.3) is 0 Å². The van der Waals surface area contributed by atoms with Crippen LogP contribution in [-0.2, 0) is 4.74 Å². The molecule has 0 unspecified atom stereocenters. The Balaban J connectivity index is 3.29. The van der Waals surface area contributed by atoms with Gasteiger partial charge >= 0.3 is 12.6 Å². The first-order valence-corrected chi connectivity index (χ1v) is 4.85. The third-order valence-corrected chi connectivity index (χ3v) is 1.89. The van der Waals surface area contributed by atoms with Crippen molar-refractivity contribution in [3.8, 4) is 11.8 Å². The van der Waals surface area contributed by atoms with E-state index in [4.69, 9.17) is 5.26 Å². The number of hydrogen-bond donors (Lipinski definition) is 0. The maximum atomic E-state index is 13.2. The van der Waals surface area contributed by atoms with Crippen LogP contribution in [0.15, 0.2) is 12.1 Å². The molecule has 0 aromatic heterocycles. The van der Waals surface area contributed by atoms with Gasteiger partial charge in [0.2, 0.25) is 0 Å². The summed E-state index contributed by atoms with van der Waals surface area (Å²) in [5, 5.41) is 8.82. The molecule has 0 fully saturated rings. The van der Waals surface area contributed by atoms with Crippen LogP contribution in [0.2, 0.25) is 0 Å². The lowest BCUT2D eigenvalue weighted by atomic mass is 10.1. The second-order valence-corrected chi connectivity index (χ2v) is 3.04. The highest BCUT2D eigenvalue weighted by molar-refractivity contribution is 5.93. The molecule has 96 valence electrons. The van der Waals surface area contributed by atoms with E-state index in [1.807, 2.05) is 0 Å². The minimum atomic E-state index is -3.23. The molecule has 0 bridgehead atoms. The molecule has 0 radical (unpaired) electrons. The number of nitrogens with zero attached hydrogens (tertiary/aromatic N) is 1. The molecule has 4 nitrogen and oxygen atoms in total. The maximum Gasteiger partial charge on any atom is 0.387 e. The lowest BCUT2D eigenvalue weighted by Crippen LogP contribution is -2.11. The summed E-state index contributed by atoms with van der Waals surface area (Å²) in [6.07, 6.45) is 0. The Hall–Kier alpha value is -2.23. The van der Waals surface area contributed by atoms with Gasteiger partial charge in [-0.2, -0.15) is 14.0 Å². The smallest absolute Gasteiger partial charge is 0.387 e. The maximum absolute atomic E-state index is 13.2. The van der Waals surface area contributed by atoms with E-state index in [-0.39, 0.29) is 6.61 Å². The van der Waals surface area contributed by atoms with Gasteiger partial charge in [0.05, 0.1) is 12.2 Å². The fourth-order valence-electron chi connectivity index (χ4n) is 1.26. The fraction of sp³-hybridized carbons (Fsp3) is 0.273. The number of hydrogen-bond acceptors (Lipinski definition) is 4. The molecule has 0 saturated heterocycles. The number of carbonyl (C=O) groups excluding carboxylic acids is 1. The minimum absolute atomic E-state index is 0.00521. The highest BCUT2D eigenvalue weighted by Crippen LogP contribution is 2.26. The van der Waals surface area contributed by atoms with Crippen LogP contribution in [0, 0.1) is 17.1 Å². The van der Waals surface area contributed by atoms with E-state index in [0.29, 0.717) is 6.07 Å². The van der Waals surface area contributed by atoms with E-state index < -0.39 is 35.3 Å². The summed E-state index contributed by atoms with van der Waals surface area (Å²) < 4.78 is 45.9.